The molecule has 4 nitrogen and oxygen atoms in total. The number of ether oxygens (including phenoxy) is 1. The summed E-state index contributed by atoms with van der Waals surface area (Å²) >= 11 is 0. The minimum Gasteiger partial charge on any atom is -0.477 e. The number of hydrogen-bond donors (Lipinski definition) is 1. The van der Waals surface area contributed by atoms with Crippen LogP contribution < -0.4 is 10.1 Å². The average Bonchev–Trinajstić information content (AvgIpc) is 2.53. The fourth-order valence-electron chi connectivity index (χ4n) is 1.80. The quantitative estimate of drug-likeness (QED) is 0.515. The van der Waals surface area contributed by atoms with Crippen LogP contribution in [0.1, 0.15) is 17.3 Å². The molecule has 1 N–H and O–H groups in total. The minimum atomic E-state index is -1.73. The molecule has 2 aromatic carbocycles. The Morgan fingerprint density at radius 1 is 1.00 bits per heavy atom. The van der Waals surface area contributed by atoms with Gasteiger partial charge in [0.1, 0.15) is 0 Å². The average molecular weight is 341 g/mol. The number of nitrogens with one attached hydrogen (secondary N) is 1. The molecule has 0 aliphatic carbocycles. The van der Waals surface area contributed by atoms with Crippen LogP contribution >= 0.6 is 0 Å². The topological polar surface area (TPSA) is 55.4 Å². The molecule has 0 aliphatic rings. The summed E-state index contributed by atoms with van der Waals surface area (Å²) in [4.78, 5) is 22.8. The van der Waals surface area contributed by atoms with E-state index in [0.717, 1.165) is 0 Å². The molecule has 0 saturated heterocycles. The van der Waals surface area contributed by atoms with E-state index in [1.54, 1.807) is 0 Å². The van der Waals surface area contributed by atoms with E-state index in [-0.39, 0.29) is 11.8 Å². The lowest BCUT2D eigenvalue weighted by Gasteiger charge is -2.10. The van der Waals surface area contributed by atoms with E-state index in [1.807, 2.05) is 0 Å². The Labute approximate surface area is 134 Å². The van der Waals surface area contributed by atoms with Gasteiger partial charge in [-0.15, -0.1) is 0 Å². The van der Waals surface area contributed by atoms with Crippen LogP contribution in [0.2, 0.25) is 0 Å². The molecule has 0 saturated carbocycles. The van der Waals surface area contributed by atoms with Crippen LogP contribution in [0.4, 0.5) is 23.2 Å². The summed E-state index contributed by atoms with van der Waals surface area (Å²) < 4.78 is 57.3. The Balaban J connectivity index is 2.02. The lowest BCUT2D eigenvalue weighted by molar-refractivity contribution is -0.118. The number of rotatable bonds is 5. The highest BCUT2D eigenvalue weighted by Gasteiger charge is 2.21. The molecule has 0 atom stereocenters. The maximum Gasteiger partial charge on any atom is 0.262 e. The smallest absolute Gasteiger partial charge is 0.262 e. The molecular formula is C16H11F4NO3. The fraction of sp³-hybridized carbons (Fsp3) is 0.125. The molecule has 2 aromatic rings. The highest BCUT2D eigenvalue weighted by molar-refractivity contribution is 5.95. The van der Waals surface area contributed by atoms with Crippen molar-refractivity contribution >= 4 is 17.4 Å². The third-order valence-electron chi connectivity index (χ3n) is 2.99. The van der Waals surface area contributed by atoms with Crippen molar-refractivity contribution in [1.82, 2.24) is 0 Å². The Kier molecular flexibility index (Phi) is 5.18. The second-order valence-electron chi connectivity index (χ2n) is 4.77. The number of carbonyl (C=O) groups is 2. The van der Waals surface area contributed by atoms with E-state index in [1.165, 1.54) is 31.2 Å². The highest BCUT2D eigenvalue weighted by atomic mass is 19.2. The van der Waals surface area contributed by atoms with Crippen molar-refractivity contribution in [3.05, 3.63) is 59.2 Å². The van der Waals surface area contributed by atoms with Crippen molar-refractivity contribution in [3.63, 3.8) is 0 Å². The van der Waals surface area contributed by atoms with Gasteiger partial charge in [0.25, 0.3) is 5.91 Å². The van der Waals surface area contributed by atoms with Crippen molar-refractivity contribution in [1.29, 1.82) is 0 Å². The van der Waals surface area contributed by atoms with E-state index >= 15 is 0 Å². The van der Waals surface area contributed by atoms with E-state index in [2.05, 4.69) is 10.1 Å². The molecule has 0 fully saturated rings. The third kappa shape index (κ3) is 3.89. The van der Waals surface area contributed by atoms with Crippen LogP contribution in [-0.2, 0) is 4.79 Å². The Morgan fingerprint density at radius 2 is 1.54 bits per heavy atom. The summed E-state index contributed by atoms with van der Waals surface area (Å²) in [5, 5.41) is 2.34. The first-order valence-electron chi connectivity index (χ1n) is 6.66. The number of carbonyl (C=O) groups excluding carboxylic acids is 2. The van der Waals surface area contributed by atoms with Crippen molar-refractivity contribution in [2.75, 3.05) is 11.9 Å². The zero-order valence-corrected chi connectivity index (χ0v) is 12.3. The van der Waals surface area contributed by atoms with Crippen LogP contribution in [0, 0.1) is 23.3 Å². The first-order valence-corrected chi connectivity index (χ1v) is 6.66. The molecule has 2 rings (SSSR count). The highest BCUT2D eigenvalue weighted by Crippen LogP contribution is 2.26. The first-order chi connectivity index (χ1) is 11.3. The summed E-state index contributed by atoms with van der Waals surface area (Å²) in [5.41, 5.74) is 0.739. The van der Waals surface area contributed by atoms with Gasteiger partial charge in [-0.25, -0.2) is 8.78 Å². The van der Waals surface area contributed by atoms with Gasteiger partial charge in [-0.1, -0.05) is 0 Å². The van der Waals surface area contributed by atoms with Gasteiger partial charge in [0.2, 0.25) is 11.6 Å². The molecule has 24 heavy (non-hydrogen) atoms. The lowest BCUT2D eigenvalue weighted by Crippen LogP contribution is -2.21. The number of ketones is 1. The first kappa shape index (κ1) is 17.5. The zero-order valence-electron chi connectivity index (χ0n) is 12.3. The van der Waals surface area contributed by atoms with E-state index in [4.69, 9.17) is 0 Å². The van der Waals surface area contributed by atoms with Crippen LogP contribution in [-0.4, -0.2) is 18.3 Å². The van der Waals surface area contributed by atoms with Crippen LogP contribution in [0.15, 0.2) is 30.3 Å². The third-order valence-corrected chi connectivity index (χ3v) is 2.99. The van der Waals surface area contributed by atoms with Gasteiger partial charge in [-0.2, -0.15) is 8.78 Å². The van der Waals surface area contributed by atoms with Crippen molar-refractivity contribution in [2.45, 2.75) is 6.92 Å². The monoisotopic (exact) mass is 341 g/mol. The van der Waals surface area contributed by atoms with Gasteiger partial charge in [0.05, 0.1) is 0 Å². The van der Waals surface area contributed by atoms with Crippen LogP contribution in [0.25, 0.3) is 0 Å². The van der Waals surface area contributed by atoms with Crippen LogP contribution in [0.3, 0.4) is 0 Å². The standard InChI is InChI=1S/C16H11F4NO3/c1-8(22)9-2-4-10(5-3-9)21-13(23)7-24-16-14(19)11(17)6-12(18)15(16)20/h2-6H,7H2,1H3,(H,21,23). The molecule has 0 radical (unpaired) electrons. The van der Waals surface area contributed by atoms with E-state index in [0.29, 0.717) is 11.3 Å². The van der Waals surface area contributed by atoms with Gasteiger partial charge in [0, 0.05) is 17.3 Å². The van der Waals surface area contributed by atoms with Crippen molar-refractivity contribution in [3.8, 4) is 5.75 Å². The normalized spacial score (nSPS) is 10.4. The fourth-order valence-corrected chi connectivity index (χ4v) is 1.80. The summed E-state index contributed by atoms with van der Waals surface area (Å²) in [6, 6.07) is 5.86. The maximum atomic E-state index is 13.4. The van der Waals surface area contributed by atoms with Crippen molar-refractivity contribution in [2.24, 2.45) is 0 Å². The van der Waals surface area contributed by atoms with Gasteiger partial charge in [-0.05, 0) is 31.2 Å². The predicted octanol–water partition coefficient (Wildman–Crippen LogP) is 3.46. The summed E-state index contributed by atoms with van der Waals surface area (Å²) in [6.07, 6.45) is 0. The van der Waals surface area contributed by atoms with Gasteiger partial charge in [-0.3, -0.25) is 9.59 Å². The van der Waals surface area contributed by atoms with Crippen LogP contribution in [0.5, 0.6) is 5.75 Å². The molecule has 0 heterocycles. The molecule has 0 bridgehead atoms. The maximum absolute atomic E-state index is 13.4. The Morgan fingerprint density at radius 3 is 2.04 bits per heavy atom. The van der Waals surface area contributed by atoms with Crippen molar-refractivity contribution < 1.29 is 31.9 Å². The Hall–Kier alpha value is -2.90. The molecule has 0 aromatic heterocycles. The molecule has 0 spiro atoms. The second-order valence-corrected chi connectivity index (χ2v) is 4.77. The number of benzene rings is 2. The Bertz CT molecular complexity index is 765. The zero-order chi connectivity index (χ0) is 17.9. The van der Waals surface area contributed by atoms with E-state index < -0.39 is 41.5 Å². The molecule has 1 amide bonds. The summed E-state index contributed by atoms with van der Waals surface area (Å²) in [7, 11) is 0. The number of anilines is 1. The summed E-state index contributed by atoms with van der Waals surface area (Å²) in [5.74, 6) is -9.01. The molecule has 0 aliphatic heterocycles. The summed E-state index contributed by atoms with van der Waals surface area (Å²) in [6.45, 7) is 0.508. The second kappa shape index (κ2) is 7.12. The molecule has 0 unspecified atom stereocenters. The van der Waals surface area contributed by atoms with Gasteiger partial charge < -0.3 is 10.1 Å². The SMILES string of the molecule is CC(=O)c1ccc(NC(=O)COc2c(F)c(F)cc(F)c2F)cc1. The molecular weight excluding hydrogens is 330 g/mol. The molecule has 126 valence electrons. The number of halogens is 4. The van der Waals surface area contributed by atoms with Gasteiger partial charge >= 0.3 is 0 Å². The largest absolute Gasteiger partial charge is 0.477 e. The number of Topliss-reactive ketones (excluding diaryl/α,β-unsaturated/α-hetero) is 1. The number of hydrogen-bond acceptors (Lipinski definition) is 3. The molecule has 8 heteroatoms. The van der Waals surface area contributed by atoms with Gasteiger partial charge in [0.15, 0.2) is 29.8 Å². The minimum absolute atomic E-state index is 0.0359. The predicted molar refractivity (Wildman–Crippen MR) is 76.8 cm³/mol. The van der Waals surface area contributed by atoms with E-state index in [9.17, 15) is 27.2 Å². The lowest BCUT2D eigenvalue weighted by atomic mass is 10.1. The number of amides is 1.